The number of hydrogen-bond acceptors (Lipinski definition) is 3. The van der Waals surface area contributed by atoms with Crippen molar-refractivity contribution in [1.82, 2.24) is 5.32 Å². The highest BCUT2D eigenvalue weighted by Gasteiger charge is 2.23. The first-order chi connectivity index (χ1) is 11.2. The molecule has 3 nitrogen and oxygen atoms in total. The van der Waals surface area contributed by atoms with Gasteiger partial charge in [0.05, 0.1) is 6.04 Å². The molecular weight excluding hydrogens is 306 g/mol. The smallest absolute Gasteiger partial charge is 0.224 e. The number of rotatable bonds is 5. The molecule has 3 rings (SSSR count). The minimum Gasteiger partial charge on any atom is -0.491 e. The van der Waals surface area contributed by atoms with Crippen molar-refractivity contribution >= 4 is 17.7 Å². The minimum absolute atomic E-state index is 0.0302. The highest BCUT2D eigenvalue weighted by molar-refractivity contribution is 7.99. The zero-order valence-electron chi connectivity index (χ0n) is 13.2. The molecule has 0 aromatic heterocycles. The van der Waals surface area contributed by atoms with E-state index in [1.165, 1.54) is 4.90 Å². The molecule has 1 aliphatic rings. The number of ether oxygens (including phenoxy) is 1. The van der Waals surface area contributed by atoms with Crippen molar-refractivity contribution in [2.24, 2.45) is 5.92 Å². The summed E-state index contributed by atoms with van der Waals surface area (Å²) in [4.78, 5) is 13.6. The first kappa shape index (κ1) is 15.9. The maximum absolute atomic E-state index is 12.4. The normalized spacial score (nSPS) is 17.7. The summed E-state index contributed by atoms with van der Waals surface area (Å²) in [6.07, 6.45) is 0.834. The second-order valence-corrected chi connectivity index (χ2v) is 6.95. The fraction of sp³-hybridized carbons (Fsp3) is 0.316. The fourth-order valence-electron chi connectivity index (χ4n) is 2.58. The molecule has 0 bridgehead atoms. The Kier molecular flexibility index (Phi) is 5.23. The van der Waals surface area contributed by atoms with Crippen molar-refractivity contribution in [3.63, 3.8) is 0 Å². The summed E-state index contributed by atoms with van der Waals surface area (Å²) in [6, 6.07) is 18.2. The molecule has 120 valence electrons. The van der Waals surface area contributed by atoms with E-state index in [-0.39, 0.29) is 17.9 Å². The van der Waals surface area contributed by atoms with Gasteiger partial charge < -0.3 is 10.1 Å². The first-order valence-corrected chi connectivity index (χ1v) is 8.90. The number of fused-ring (bicyclic) bond motifs is 1. The topological polar surface area (TPSA) is 38.3 Å². The van der Waals surface area contributed by atoms with E-state index in [1.807, 2.05) is 43.3 Å². The van der Waals surface area contributed by atoms with Gasteiger partial charge >= 0.3 is 0 Å². The average molecular weight is 327 g/mol. The fourth-order valence-corrected chi connectivity index (χ4v) is 3.52. The minimum atomic E-state index is -0.0302. The molecule has 0 radical (unpaired) electrons. The van der Waals surface area contributed by atoms with Crippen LogP contribution in [0.2, 0.25) is 0 Å². The lowest BCUT2D eigenvalue weighted by molar-refractivity contribution is -0.124. The molecular formula is C19H21NO2S. The number of amides is 1. The Balaban J connectivity index is 1.49. The van der Waals surface area contributed by atoms with E-state index in [4.69, 9.17) is 4.74 Å². The highest BCUT2D eigenvalue weighted by Crippen LogP contribution is 2.24. The van der Waals surface area contributed by atoms with Crippen LogP contribution in [0.25, 0.3) is 0 Å². The van der Waals surface area contributed by atoms with Gasteiger partial charge in [-0.1, -0.05) is 43.3 Å². The number of para-hydroxylation sites is 1. The van der Waals surface area contributed by atoms with Crippen molar-refractivity contribution in [2.45, 2.75) is 24.3 Å². The molecule has 23 heavy (non-hydrogen) atoms. The van der Waals surface area contributed by atoms with Crippen molar-refractivity contribution in [2.75, 3.05) is 12.4 Å². The van der Waals surface area contributed by atoms with E-state index in [9.17, 15) is 4.79 Å². The zero-order chi connectivity index (χ0) is 16.1. The summed E-state index contributed by atoms with van der Waals surface area (Å²) in [5.41, 5.74) is 1.16. The Morgan fingerprint density at radius 1 is 1.22 bits per heavy atom. The van der Waals surface area contributed by atoms with Crippen molar-refractivity contribution in [3.05, 3.63) is 60.2 Å². The first-order valence-electron chi connectivity index (χ1n) is 7.91. The Morgan fingerprint density at radius 2 is 1.96 bits per heavy atom. The van der Waals surface area contributed by atoms with E-state index in [2.05, 4.69) is 23.5 Å². The molecule has 0 spiro atoms. The van der Waals surface area contributed by atoms with E-state index >= 15 is 0 Å². The number of carbonyl (C=O) groups excluding carboxylic acids is 1. The largest absolute Gasteiger partial charge is 0.491 e. The van der Waals surface area contributed by atoms with Gasteiger partial charge in [0, 0.05) is 16.6 Å². The third-order valence-corrected chi connectivity index (χ3v) is 5.19. The molecule has 1 heterocycles. The quantitative estimate of drug-likeness (QED) is 0.854. The molecule has 0 saturated carbocycles. The standard InChI is InChI=1S/C19H21NO2S/c1-14(13-23-17-8-3-2-4-9-17)19(21)20-16-11-15-7-5-6-10-18(15)22-12-16/h2-10,14,16H,11-13H2,1H3,(H,20,21). The van der Waals surface area contributed by atoms with E-state index < -0.39 is 0 Å². The number of thioether (sulfide) groups is 1. The summed E-state index contributed by atoms with van der Waals surface area (Å²) < 4.78 is 5.73. The van der Waals surface area contributed by atoms with Crippen molar-refractivity contribution in [3.8, 4) is 5.75 Å². The van der Waals surface area contributed by atoms with Crippen LogP contribution in [0.3, 0.4) is 0 Å². The predicted molar refractivity (Wildman–Crippen MR) is 93.9 cm³/mol. The van der Waals surface area contributed by atoms with Gasteiger partial charge in [-0.05, 0) is 30.2 Å². The van der Waals surface area contributed by atoms with Crippen LogP contribution in [0.15, 0.2) is 59.5 Å². The van der Waals surface area contributed by atoms with Crippen LogP contribution < -0.4 is 10.1 Å². The van der Waals surface area contributed by atoms with Gasteiger partial charge in [-0.3, -0.25) is 4.79 Å². The van der Waals surface area contributed by atoms with Crippen molar-refractivity contribution < 1.29 is 9.53 Å². The van der Waals surface area contributed by atoms with E-state index in [1.54, 1.807) is 11.8 Å². The molecule has 4 heteroatoms. The molecule has 2 unspecified atom stereocenters. The lowest BCUT2D eigenvalue weighted by Crippen LogP contribution is -2.45. The Bertz CT molecular complexity index is 659. The lowest BCUT2D eigenvalue weighted by Gasteiger charge is -2.27. The summed E-state index contributed by atoms with van der Waals surface area (Å²) >= 11 is 1.72. The van der Waals surface area contributed by atoms with Gasteiger partial charge in [0.25, 0.3) is 0 Å². The molecule has 0 aliphatic carbocycles. The second kappa shape index (κ2) is 7.55. The zero-order valence-corrected chi connectivity index (χ0v) is 14.0. The lowest BCUT2D eigenvalue weighted by atomic mass is 10.0. The van der Waals surface area contributed by atoms with Gasteiger partial charge in [-0.15, -0.1) is 11.8 Å². The molecule has 1 amide bonds. The van der Waals surface area contributed by atoms with Crippen LogP contribution >= 0.6 is 11.8 Å². The third-order valence-electron chi connectivity index (χ3n) is 3.92. The summed E-state index contributed by atoms with van der Waals surface area (Å²) in [7, 11) is 0. The van der Waals surface area contributed by atoms with Crippen LogP contribution in [-0.2, 0) is 11.2 Å². The van der Waals surface area contributed by atoms with E-state index in [0.717, 1.165) is 23.5 Å². The molecule has 2 aromatic rings. The molecule has 0 fully saturated rings. The highest BCUT2D eigenvalue weighted by atomic mass is 32.2. The summed E-state index contributed by atoms with van der Waals surface area (Å²) in [5, 5.41) is 3.12. The number of benzene rings is 2. The van der Waals surface area contributed by atoms with Crippen LogP contribution in [0, 0.1) is 5.92 Å². The predicted octanol–water partition coefficient (Wildman–Crippen LogP) is 3.53. The van der Waals surface area contributed by atoms with Gasteiger partial charge in [0.1, 0.15) is 12.4 Å². The Hall–Kier alpha value is -1.94. The van der Waals surface area contributed by atoms with Crippen LogP contribution in [0.5, 0.6) is 5.75 Å². The van der Waals surface area contributed by atoms with E-state index in [0.29, 0.717) is 6.61 Å². The van der Waals surface area contributed by atoms with Crippen molar-refractivity contribution in [1.29, 1.82) is 0 Å². The maximum Gasteiger partial charge on any atom is 0.224 e. The molecule has 0 saturated heterocycles. The number of nitrogens with one attached hydrogen (secondary N) is 1. The van der Waals surface area contributed by atoms with Gasteiger partial charge in [-0.2, -0.15) is 0 Å². The SMILES string of the molecule is CC(CSc1ccccc1)C(=O)NC1COc2ccccc2C1. The Morgan fingerprint density at radius 3 is 2.78 bits per heavy atom. The Labute approximate surface area is 141 Å². The average Bonchev–Trinajstić information content (AvgIpc) is 2.60. The van der Waals surface area contributed by atoms with Crippen LogP contribution in [0.4, 0.5) is 0 Å². The summed E-state index contributed by atoms with van der Waals surface area (Å²) in [6.45, 7) is 2.52. The molecule has 2 atom stereocenters. The molecule has 1 N–H and O–H groups in total. The van der Waals surface area contributed by atoms with Gasteiger partial charge in [0.15, 0.2) is 0 Å². The maximum atomic E-state index is 12.4. The summed E-state index contributed by atoms with van der Waals surface area (Å²) in [5.74, 6) is 1.78. The van der Waals surface area contributed by atoms with Gasteiger partial charge in [-0.25, -0.2) is 0 Å². The van der Waals surface area contributed by atoms with Crippen LogP contribution in [-0.4, -0.2) is 24.3 Å². The second-order valence-electron chi connectivity index (χ2n) is 5.85. The monoisotopic (exact) mass is 327 g/mol. The van der Waals surface area contributed by atoms with Gasteiger partial charge in [0.2, 0.25) is 5.91 Å². The number of carbonyl (C=O) groups is 1. The van der Waals surface area contributed by atoms with Crippen LogP contribution in [0.1, 0.15) is 12.5 Å². The number of hydrogen-bond donors (Lipinski definition) is 1. The molecule has 2 aromatic carbocycles. The third kappa shape index (κ3) is 4.29. The molecule has 1 aliphatic heterocycles.